The Morgan fingerprint density at radius 1 is 1.29 bits per heavy atom. The van der Waals surface area contributed by atoms with Crippen LogP contribution in [0.5, 0.6) is 0 Å². The van der Waals surface area contributed by atoms with Crippen molar-refractivity contribution in [3.05, 3.63) is 0 Å². The first kappa shape index (κ1) is 10.4. The van der Waals surface area contributed by atoms with Gasteiger partial charge in [-0.25, -0.2) is 13.1 Å². The number of hydrogen-bond donors (Lipinski definition) is 2. The average Bonchev–Trinajstić information content (AvgIpc) is 1.94. The van der Waals surface area contributed by atoms with E-state index in [1.165, 1.54) is 6.42 Å². The van der Waals surface area contributed by atoms with Gasteiger partial charge in [0.25, 0.3) is 0 Å². The minimum atomic E-state index is -2.99. The van der Waals surface area contributed by atoms with Crippen molar-refractivity contribution in [1.82, 2.24) is 10.0 Å². The summed E-state index contributed by atoms with van der Waals surface area (Å²) in [5.74, 6) is 0.878. The molecule has 5 heteroatoms. The van der Waals surface area contributed by atoms with Gasteiger partial charge in [-0.2, -0.15) is 0 Å². The van der Waals surface area contributed by atoms with Crippen molar-refractivity contribution in [2.75, 3.05) is 18.8 Å². The highest BCUT2D eigenvalue weighted by atomic mass is 32.2. The van der Waals surface area contributed by atoms with Gasteiger partial charge < -0.3 is 5.32 Å². The van der Waals surface area contributed by atoms with E-state index in [9.17, 15) is 8.42 Å². The molecule has 2 rings (SSSR count). The molecule has 2 aliphatic rings. The second kappa shape index (κ2) is 4.16. The summed E-state index contributed by atoms with van der Waals surface area (Å²) in [6.45, 7) is 1.97. The van der Waals surface area contributed by atoms with Crippen molar-refractivity contribution in [2.45, 2.75) is 31.7 Å². The van der Waals surface area contributed by atoms with E-state index in [1.807, 2.05) is 0 Å². The van der Waals surface area contributed by atoms with Crippen LogP contribution in [-0.2, 0) is 10.0 Å². The molecule has 0 aromatic rings. The molecule has 1 saturated carbocycles. The largest absolute Gasteiger partial charge is 0.316 e. The van der Waals surface area contributed by atoms with Crippen LogP contribution < -0.4 is 10.0 Å². The van der Waals surface area contributed by atoms with E-state index in [0.29, 0.717) is 11.7 Å². The molecule has 0 aromatic carbocycles. The summed E-state index contributed by atoms with van der Waals surface area (Å²) in [7, 11) is -2.99. The van der Waals surface area contributed by atoms with Crippen molar-refractivity contribution in [3.8, 4) is 0 Å². The minimum absolute atomic E-state index is 0.236. The fourth-order valence-electron chi connectivity index (χ4n) is 1.71. The van der Waals surface area contributed by atoms with Crippen molar-refractivity contribution in [2.24, 2.45) is 5.92 Å². The average molecular weight is 218 g/mol. The summed E-state index contributed by atoms with van der Waals surface area (Å²) in [5, 5.41) is 3.15. The normalized spacial score (nSPS) is 24.3. The molecule has 0 atom stereocenters. The molecule has 2 fully saturated rings. The molecule has 0 amide bonds. The SMILES string of the molecule is O=S(=O)(CCC1CNC1)NC1CCC1. The quantitative estimate of drug-likeness (QED) is 0.686. The predicted molar refractivity (Wildman–Crippen MR) is 55.5 cm³/mol. The van der Waals surface area contributed by atoms with E-state index in [0.717, 1.165) is 32.4 Å². The fourth-order valence-corrected chi connectivity index (χ4v) is 3.22. The van der Waals surface area contributed by atoms with Crippen molar-refractivity contribution >= 4 is 10.0 Å². The molecule has 0 unspecified atom stereocenters. The second-order valence-electron chi connectivity index (χ2n) is 4.38. The van der Waals surface area contributed by atoms with Crippen molar-refractivity contribution < 1.29 is 8.42 Å². The van der Waals surface area contributed by atoms with E-state index in [2.05, 4.69) is 10.0 Å². The van der Waals surface area contributed by atoms with Gasteiger partial charge in [-0.3, -0.25) is 0 Å². The summed E-state index contributed by atoms with van der Waals surface area (Å²) in [4.78, 5) is 0. The maximum absolute atomic E-state index is 11.5. The monoisotopic (exact) mass is 218 g/mol. The van der Waals surface area contributed by atoms with E-state index in [1.54, 1.807) is 0 Å². The van der Waals surface area contributed by atoms with Crippen molar-refractivity contribution in [3.63, 3.8) is 0 Å². The first-order valence-electron chi connectivity index (χ1n) is 5.36. The third-order valence-corrected chi connectivity index (χ3v) is 4.58. The van der Waals surface area contributed by atoms with Gasteiger partial charge in [0, 0.05) is 6.04 Å². The Labute approximate surface area is 85.5 Å². The molecule has 0 bridgehead atoms. The summed E-state index contributed by atoms with van der Waals surface area (Å²) in [5.41, 5.74) is 0. The molecule has 0 radical (unpaired) electrons. The number of rotatable bonds is 5. The highest BCUT2D eigenvalue weighted by Gasteiger charge is 2.25. The van der Waals surface area contributed by atoms with Crippen LogP contribution in [0.4, 0.5) is 0 Å². The van der Waals surface area contributed by atoms with Gasteiger partial charge in [-0.15, -0.1) is 0 Å². The smallest absolute Gasteiger partial charge is 0.211 e. The van der Waals surface area contributed by atoms with E-state index >= 15 is 0 Å². The second-order valence-corrected chi connectivity index (χ2v) is 6.25. The van der Waals surface area contributed by atoms with Gasteiger partial charge in [0.1, 0.15) is 0 Å². The predicted octanol–water partition coefficient (Wildman–Crippen LogP) is 0.0678. The van der Waals surface area contributed by atoms with Gasteiger partial charge in [-0.05, 0) is 38.3 Å². The Balaban J connectivity index is 1.70. The lowest BCUT2D eigenvalue weighted by Crippen LogP contribution is -2.45. The molecule has 1 heterocycles. The fraction of sp³-hybridized carbons (Fsp3) is 1.00. The summed E-state index contributed by atoms with van der Waals surface area (Å²) in [6, 6.07) is 0.236. The van der Waals surface area contributed by atoms with Gasteiger partial charge in [0.05, 0.1) is 5.75 Å². The lowest BCUT2D eigenvalue weighted by Gasteiger charge is -2.29. The van der Waals surface area contributed by atoms with E-state index in [4.69, 9.17) is 0 Å². The molecule has 1 aliphatic carbocycles. The molecule has 0 aromatic heterocycles. The van der Waals surface area contributed by atoms with Crippen LogP contribution >= 0.6 is 0 Å². The molecule has 0 spiro atoms. The zero-order chi connectivity index (χ0) is 10.0. The lowest BCUT2D eigenvalue weighted by atomic mass is 9.94. The Bertz CT molecular complexity index is 281. The molecule has 2 N–H and O–H groups in total. The van der Waals surface area contributed by atoms with Crippen LogP contribution in [-0.4, -0.2) is 33.3 Å². The maximum Gasteiger partial charge on any atom is 0.211 e. The van der Waals surface area contributed by atoms with Gasteiger partial charge >= 0.3 is 0 Å². The number of hydrogen-bond acceptors (Lipinski definition) is 3. The molecule has 4 nitrogen and oxygen atoms in total. The van der Waals surface area contributed by atoms with Gasteiger partial charge in [0.2, 0.25) is 10.0 Å². The molecule has 82 valence electrons. The minimum Gasteiger partial charge on any atom is -0.316 e. The van der Waals surface area contributed by atoms with Crippen LogP contribution in [0.25, 0.3) is 0 Å². The molecule has 1 aliphatic heterocycles. The first-order chi connectivity index (χ1) is 6.66. The number of sulfonamides is 1. The third kappa shape index (κ3) is 2.68. The first-order valence-corrected chi connectivity index (χ1v) is 7.02. The standard InChI is InChI=1S/C9H18N2O2S/c12-14(13,11-9-2-1-3-9)5-4-8-6-10-7-8/h8-11H,1-7H2. The Hall–Kier alpha value is -0.130. The Morgan fingerprint density at radius 2 is 2.00 bits per heavy atom. The summed E-state index contributed by atoms with van der Waals surface area (Å²) >= 11 is 0. The summed E-state index contributed by atoms with van der Waals surface area (Å²) in [6.07, 6.45) is 4.00. The zero-order valence-electron chi connectivity index (χ0n) is 8.33. The van der Waals surface area contributed by atoms with Crippen LogP contribution in [0.1, 0.15) is 25.7 Å². The highest BCUT2D eigenvalue weighted by Crippen LogP contribution is 2.19. The van der Waals surface area contributed by atoms with Gasteiger partial charge in [0.15, 0.2) is 0 Å². The maximum atomic E-state index is 11.5. The number of nitrogens with one attached hydrogen (secondary N) is 2. The van der Waals surface area contributed by atoms with E-state index < -0.39 is 10.0 Å². The zero-order valence-corrected chi connectivity index (χ0v) is 9.15. The molecule has 1 saturated heterocycles. The molecular weight excluding hydrogens is 200 g/mol. The lowest BCUT2D eigenvalue weighted by molar-refractivity contribution is 0.337. The Kier molecular flexibility index (Phi) is 3.09. The van der Waals surface area contributed by atoms with E-state index in [-0.39, 0.29) is 6.04 Å². The Morgan fingerprint density at radius 3 is 2.43 bits per heavy atom. The van der Waals surface area contributed by atoms with Crippen LogP contribution in [0.2, 0.25) is 0 Å². The van der Waals surface area contributed by atoms with Crippen LogP contribution in [0.15, 0.2) is 0 Å². The molecule has 14 heavy (non-hydrogen) atoms. The highest BCUT2D eigenvalue weighted by molar-refractivity contribution is 7.89. The topological polar surface area (TPSA) is 58.2 Å². The van der Waals surface area contributed by atoms with Crippen LogP contribution in [0.3, 0.4) is 0 Å². The van der Waals surface area contributed by atoms with Crippen molar-refractivity contribution in [1.29, 1.82) is 0 Å². The van der Waals surface area contributed by atoms with Crippen LogP contribution in [0, 0.1) is 5.92 Å². The molecular formula is C9H18N2O2S. The summed E-state index contributed by atoms with van der Waals surface area (Å²) < 4.78 is 25.8. The van der Waals surface area contributed by atoms with Gasteiger partial charge in [-0.1, -0.05) is 6.42 Å². The third-order valence-electron chi connectivity index (χ3n) is 3.11.